The fourth-order valence-electron chi connectivity index (χ4n) is 8.64. The molecule has 4 heterocycles. The lowest BCUT2D eigenvalue weighted by atomic mass is 10.0. The van der Waals surface area contributed by atoms with E-state index in [2.05, 4.69) is 193 Å². The van der Waals surface area contributed by atoms with Crippen LogP contribution in [0.4, 0.5) is 0 Å². The molecule has 12 aromatic rings. The highest BCUT2D eigenvalue weighted by molar-refractivity contribution is 7.25. The lowest BCUT2D eigenvalue weighted by molar-refractivity contribution is 1.14. The molecule has 0 aliphatic carbocycles. The number of fused-ring (bicyclic) bond motifs is 6. The molecule has 0 amide bonds. The van der Waals surface area contributed by atoms with Gasteiger partial charge in [0.2, 0.25) is 0 Å². The van der Waals surface area contributed by atoms with Crippen molar-refractivity contribution in [3.8, 4) is 73.5 Å². The van der Waals surface area contributed by atoms with Gasteiger partial charge in [-0.3, -0.25) is 0 Å². The molecular weight excluding hydrogens is 775 g/mol. The second kappa shape index (κ2) is 14.9. The van der Waals surface area contributed by atoms with Crippen molar-refractivity contribution in [1.29, 1.82) is 0 Å². The Balaban J connectivity index is 1.16. The Labute approximate surface area is 361 Å². The predicted octanol–water partition coefficient (Wildman–Crippen LogP) is 14.7. The number of rotatable bonds is 7. The van der Waals surface area contributed by atoms with Crippen molar-refractivity contribution in [3.63, 3.8) is 0 Å². The van der Waals surface area contributed by atoms with Crippen molar-refractivity contribution in [3.05, 3.63) is 212 Å². The molecular formula is C56H35N5S. The topological polar surface area (TPSA) is 56.5 Å². The van der Waals surface area contributed by atoms with Gasteiger partial charge in [0.05, 0.1) is 33.8 Å². The summed E-state index contributed by atoms with van der Waals surface area (Å²) in [5.74, 6) is 1.23. The maximum Gasteiger partial charge on any atom is 0.160 e. The molecule has 5 nitrogen and oxygen atoms in total. The van der Waals surface area contributed by atoms with Crippen LogP contribution in [0.15, 0.2) is 212 Å². The summed E-state index contributed by atoms with van der Waals surface area (Å²) < 4.78 is 4.92. The van der Waals surface area contributed by atoms with Crippen LogP contribution >= 0.6 is 11.3 Å². The summed E-state index contributed by atoms with van der Waals surface area (Å²) in [6.07, 6.45) is 0. The van der Waals surface area contributed by atoms with Gasteiger partial charge >= 0.3 is 0 Å². The largest absolute Gasteiger partial charge is 0.309 e. The van der Waals surface area contributed by atoms with Crippen molar-refractivity contribution in [1.82, 2.24) is 24.5 Å². The highest BCUT2D eigenvalue weighted by Gasteiger charge is 2.20. The van der Waals surface area contributed by atoms with Gasteiger partial charge in [-0.25, -0.2) is 19.9 Å². The van der Waals surface area contributed by atoms with E-state index < -0.39 is 0 Å². The van der Waals surface area contributed by atoms with Crippen LogP contribution in [0.5, 0.6) is 0 Å². The molecule has 0 aliphatic heterocycles. The van der Waals surface area contributed by atoms with Crippen LogP contribution < -0.4 is 0 Å². The Morgan fingerprint density at radius 2 is 0.726 bits per heavy atom. The summed E-state index contributed by atoms with van der Waals surface area (Å²) in [6.45, 7) is 0. The van der Waals surface area contributed by atoms with Gasteiger partial charge in [-0.15, -0.1) is 11.3 Å². The third-order valence-electron chi connectivity index (χ3n) is 11.6. The molecule has 0 bridgehead atoms. The number of thiophene rings is 1. The van der Waals surface area contributed by atoms with Crippen molar-refractivity contribution in [2.75, 3.05) is 0 Å². The summed E-state index contributed by atoms with van der Waals surface area (Å²) in [5.41, 5.74) is 12.4. The molecule has 0 unspecified atom stereocenters. The summed E-state index contributed by atoms with van der Waals surface area (Å²) in [5, 5.41) is 4.94. The third kappa shape index (κ3) is 6.33. The molecule has 0 saturated carbocycles. The molecule has 0 aliphatic rings. The van der Waals surface area contributed by atoms with Gasteiger partial charge < -0.3 is 4.57 Å². The van der Waals surface area contributed by atoms with E-state index in [1.807, 2.05) is 35.6 Å². The maximum atomic E-state index is 5.32. The van der Waals surface area contributed by atoms with Crippen LogP contribution in [0.2, 0.25) is 0 Å². The number of nitrogens with zero attached hydrogens (tertiary/aromatic N) is 5. The fourth-order valence-corrected chi connectivity index (χ4v) is 9.76. The lowest BCUT2D eigenvalue weighted by Crippen LogP contribution is -2.01. The first kappa shape index (κ1) is 35.8. The summed E-state index contributed by atoms with van der Waals surface area (Å²) in [7, 11) is 0. The predicted molar refractivity (Wildman–Crippen MR) is 257 cm³/mol. The second-order valence-electron chi connectivity index (χ2n) is 15.5. The monoisotopic (exact) mass is 809 g/mol. The quantitative estimate of drug-likeness (QED) is 0.161. The molecule has 0 spiro atoms. The highest BCUT2D eigenvalue weighted by Crippen LogP contribution is 2.42. The molecule has 0 N–H and O–H groups in total. The zero-order chi connectivity index (χ0) is 41.0. The normalized spacial score (nSPS) is 11.5. The first-order chi connectivity index (χ1) is 30.7. The van der Waals surface area contributed by atoms with Crippen molar-refractivity contribution >= 4 is 53.3 Å². The van der Waals surface area contributed by atoms with Crippen molar-refractivity contribution in [2.45, 2.75) is 0 Å². The molecule has 0 saturated heterocycles. The van der Waals surface area contributed by atoms with Crippen LogP contribution in [-0.4, -0.2) is 24.5 Å². The van der Waals surface area contributed by atoms with E-state index in [-0.39, 0.29) is 0 Å². The van der Waals surface area contributed by atoms with Crippen molar-refractivity contribution in [2.24, 2.45) is 0 Å². The van der Waals surface area contributed by atoms with Crippen LogP contribution in [0.1, 0.15) is 0 Å². The Bertz CT molecular complexity index is 3360. The van der Waals surface area contributed by atoms with Crippen molar-refractivity contribution < 1.29 is 0 Å². The zero-order valence-electron chi connectivity index (χ0n) is 33.4. The van der Waals surface area contributed by atoms with Crippen LogP contribution in [0.25, 0.3) is 115 Å². The Hall–Kier alpha value is -8.06. The molecule has 12 rings (SSSR count). The smallest absolute Gasteiger partial charge is 0.160 e. The Kier molecular flexibility index (Phi) is 8.61. The van der Waals surface area contributed by atoms with Gasteiger partial charge in [0.1, 0.15) is 0 Å². The number of hydrogen-bond donors (Lipinski definition) is 0. The van der Waals surface area contributed by atoms with Crippen LogP contribution in [0.3, 0.4) is 0 Å². The highest BCUT2D eigenvalue weighted by atomic mass is 32.1. The minimum atomic E-state index is 0.614. The summed E-state index contributed by atoms with van der Waals surface area (Å²) >= 11 is 1.84. The first-order valence-electron chi connectivity index (χ1n) is 20.7. The molecule has 62 heavy (non-hydrogen) atoms. The van der Waals surface area contributed by atoms with Gasteiger partial charge in [0, 0.05) is 70.0 Å². The van der Waals surface area contributed by atoms with Gasteiger partial charge in [-0.05, 0) is 54.6 Å². The summed E-state index contributed by atoms with van der Waals surface area (Å²) in [6, 6.07) is 74.3. The molecule has 0 radical (unpaired) electrons. The SMILES string of the molecule is c1ccc(-c2cc(-c3ccccc3)nc(-c3cc(-c4nc(-c5ccccc5)cc(-c5ccccc5)n4)cc(-n4c5ccccc5c5cc6c(cc54)sc4ccccc46)c3)n2)cc1. The number of benzene rings is 8. The Morgan fingerprint density at radius 3 is 1.23 bits per heavy atom. The fraction of sp³-hybridized carbons (Fsp3) is 0. The van der Waals surface area contributed by atoms with E-state index >= 15 is 0 Å². The second-order valence-corrected chi connectivity index (χ2v) is 16.6. The number of aromatic nitrogens is 5. The summed E-state index contributed by atoms with van der Waals surface area (Å²) in [4.78, 5) is 21.3. The first-order valence-corrected chi connectivity index (χ1v) is 21.5. The molecule has 8 aromatic carbocycles. The minimum Gasteiger partial charge on any atom is -0.309 e. The van der Waals surface area contributed by atoms with E-state index in [1.54, 1.807) is 0 Å². The number of hydrogen-bond acceptors (Lipinski definition) is 5. The standard InChI is InChI=1S/C56H35N5S/c1-5-17-36(18-6-1)47-33-48(37-19-7-2-8-20-37)58-55(57-47)40-29-41(56-59-49(38-21-9-3-10-22-38)34-50(60-56)39-23-11-4-12-24-39)31-42(30-40)61-51-27-15-13-25-43(51)45-32-46-44-26-14-16-28-53(44)62-54(46)35-52(45)61/h1-35H. The molecule has 6 heteroatoms. The average molecular weight is 810 g/mol. The maximum absolute atomic E-state index is 5.32. The van der Waals surface area contributed by atoms with Gasteiger partial charge in [-0.1, -0.05) is 158 Å². The van der Waals surface area contributed by atoms with E-state index in [0.717, 1.165) is 72.9 Å². The molecule has 0 fully saturated rings. The van der Waals surface area contributed by atoms with Gasteiger partial charge in [0.25, 0.3) is 0 Å². The molecule has 4 aromatic heterocycles. The average Bonchev–Trinajstić information content (AvgIpc) is 3.88. The molecule has 290 valence electrons. The minimum absolute atomic E-state index is 0.614. The van der Waals surface area contributed by atoms with E-state index in [4.69, 9.17) is 19.9 Å². The van der Waals surface area contributed by atoms with Crippen LogP contribution in [-0.2, 0) is 0 Å². The number of para-hydroxylation sites is 1. The van der Waals surface area contributed by atoms with Crippen LogP contribution in [0, 0.1) is 0 Å². The van der Waals surface area contributed by atoms with E-state index in [1.165, 1.54) is 30.9 Å². The third-order valence-corrected chi connectivity index (χ3v) is 12.7. The Morgan fingerprint density at radius 1 is 0.290 bits per heavy atom. The molecule has 0 atom stereocenters. The van der Waals surface area contributed by atoms with E-state index in [0.29, 0.717) is 11.6 Å². The van der Waals surface area contributed by atoms with Gasteiger partial charge in [0.15, 0.2) is 11.6 Å². The van der Waals surface area contributed by atoms with Gasteiger partial charge in [-0.2, -0.15) is 0 Å². The zero-order valence-corrected chi connectivity index (χ0v) is 34.2. The lowest BCUT2D eigenvalue weighted by Gasteiger charge is -2.15. The van der Waals surface area contributed by atoms with E-state index in [9.17, 15) is 0 Å².